The summed E-state index contributed by atoms with van der Waals surface area (Å²) in [5.74, 6) is -0.475. The van der Waals surface area contributed by atoms with Crippen LogP contribution in [0.5, 0.6) is 0 Å². The first-order valence-corrected chi connectivity index (χ1v) is 14.9. The Labute approximate surface area is 261 Å². The van der Waals surface area contributed by atoms with E-state index in [-0.39, 0.29) is 30.4 Å². The summed E-state index contributed by atoms with van der Waals surface area (Å²) in [4.78, 5) is 32.3. The molecule has 2 N–H and O–H groups in total. The molecule has 2 atom stereocenters. The highest BCUT2D eigenvalue weighted by molar-refractivity contribution is 7.80. The van der Waals surface area contributed by atoms with Crippen LogP contribution in [0.15, 0.2) is 97.2 Å². The number of amides is 1. The molecule has 5 aromatic rings. The third-order valence-electron chi connectivity index (χ3n) is 8.16. The number of nitrogens with zero attached hydrogens (tertiary/aromatic N) is 3. The van der Waals surface area contributed by atoms with Crippen molar-refractivity contribution < 1.29 is 14.3 Å². The van der Waals surface area contributed by atoms with Crippen LogP contribution < -0.4 is 10.6 Å². The van der Waals surface area contributed by atoms with Gasteiger partial charge in [0, 0.05) is 47.3 Å². The molecule has 0 radical (unpaired) electrons. The van der Waals surface area contributed by atoms with Crippen molar-refractivity contribution in [2.24, 2.45) is 0 Å². The third-order valence-corrected chi connectivity index (χ3v) is 8.51. The highest BCUT2D eigenvalue weighted by Gasteiger charge is 2.41. The largest absolute Gasteiger partial charge is 0.465 e. The molecule has 3 aromatic carbocycles. The van der Waals surface area contributed by atoms with Crippen LogP contribution in [0, 0.1) is 13.8 Å². The maximum atomic E-state index is 13.3. The number of pyridine rings is 1. The predicted octanol–water partition coefficient (Wildman–Crippen LogP) is 6.43. The minimum absolute atomic E-state index is 0.0886. The first-order valence-electron chi connectivity index (χ1n) is 14.5. The Morgan fingerprint density at radius 1 is 0.977 bits per heavy atom. The van der Waals surface area contributed by atoms with Gasteiger partial charge in [-0.3, -0.25) is 9.78 Å². The molecule has 1 fully saturated rings. The fourth-order valence-electron chi connectivity index (χ4n) is 6.13. The summed E-state index contributed by atoms with van der Waals surface area (Å²) in [5, 5.41) is 9.23. The van der Waals surface area contributed by atoms with Crippen LogP contribution in [0.4, 0.5) is 5.69 Å². The van der Waals surface area contributed by atoms with E-state index in [1.165, 1.54) is 7.11 Å². The van der Waals surface area contributed by atoms with E-state index in [4.69, 9.17) is 17.0 Å². The molecule has 0 saturated carbocycles. The SMILES string of the molecule is COC(=O)c1cccc(-n2c(C)cc([C@H]3[C@H](c4ccccn4)NC(=S)N3CCC(=O)Nc3cccc4ccccc34)c2C)c1. The number of rotatable bonds is 8. The number of ether oxygens (including phenoxy) is 1. The molecule has 222 valence electrons. The average molecular weight is 604 g/mol. The van der Waals surface area contributed by atoms with Gasteiger partial charge in [0.1, 0.15) is 0 Å². The second-order valence-corrected chi connectivity index (χ2v) is 11.2. The van der Waals surface area contributed by atoms with Gasteiger partial charge in [-0.15, -0.1) is 0 Å². The van der Waals surface area contributed by atoms with Gasteiger partial charge in [0.15, 0.2) is 5.11 Å². The van der Waals surface area contributed by atoms with Gasteiger partial charge in [-0.25, -0.2) is 4.79 Å². The average Bonchev–Trinajstić information content (AvgIpc) is 3.53. The number of methoxy groups -OCH3 is 1. The second kappa shape index (κ2) is 12.3. The van der Waals surface area contributed by atoms with Crippen LogP contribution in [-0.4, -0.2) is 45.1 Å². The van der Waals surface area contributed by atoms with Crippen LogP contribution in [0.2, 0.25) is 0 Å². The van der Waals surface area contributed by atoms with Crippen molar-refractivity contribution in [1.82, 2.24) is 19.8 Å². The summed E-state index contributed by atoms with van der Waals surface area (Å²) in [6, 6.07) is 28.9. The first-order chi connectivity index (χ1) is 21.4. The fraction of sp³-hybridized carbons (Fsp3) is 0.200. The van der Waals surface area contributed by atoms with E-state index in [2.05, 4.69) is 38.1 Å². The van der Waals surface area contributed by atoms with E-state index in [1.54, 1.807) is 12.3 Å². The molecule has 9 heteroatoms. The number of fused-ring (bicyclic) bond motifs is 1. The quantitative estimate of drug-likeness (QED) is 0.156. The van der Waals surface area contributed by atoms with Crippen LogP contribution in [-0.2, 0) is 9.53 Å². The molecule has 1 aliphatic rings. The van der Waals surface area contributed by atoms with Crippen LogP contribution in [0.25, 0.3) is 16.5 Å². The van der Waals surface area contributed by atoms with E-state index in [1.807, 2.05) is 85.8 Å². The maximum absolute atomic E-state index is 13.3. The topological polar surface area (TPSA) is 88.5 Å². The molecule has 8 nitrogen and oxygen atoms in total. The zero-order chi connectivity index (χ0) is 30.8. The minimum atomic E-state index is -0.386. The number of hydrogen-bond acceptors (Lipinski definition) is 5. The summed E-state index contributed by atoms with van der Waals surface area (Å²) < 4.78 is 7.08. The lowest BCUT2D eigenvalue weighted by molar-refractivity contribution is -0.116. The molecular weight excluding hydrogens is 570 g/mol. The van der Waals surface area contributed by atoms with E-state index < -0.39 is 0 Å². The van der Waals surface area contributed by atoms with Crippen molar-refractivity contribution in [2.45, 2.75) is 32.4 Å². The summed E-state index contributed by atoms with van der Waals surface area (Å²) in [6.45, 7) is 4.52. The molecule has 1 saturated heterocycles. The zero-order valence-corrected chi connectivity index (χ0v) is 25.6. The summed E-state index contributed by atoms with van der Waals surface area (Å²) in [7, 11) is 1.38. The number of aryl methyl sites for hydroxylation is 1. The molecule has 0 unspecified atom stereocenters. The minimum Gasteiger partial charge on any atom is -0.465 e. The molecule has 1 aliphatic heterocycles. The molecule has 44 heavy (non-hydrogen) atoms. The van der Waals surface area contributed by atoms with Gasteiger partial charge in [-0.2, -0.15) is 0 Å². The molecular formula is C35H33N5O3S. The number of benzene rings is 3. The third kappa shape index (κ3) is 5.54. The number of anilines is 1. The van der Waals surface area contributed by atoms with Crippen molar-refractivity contribution in [1.29, 1.82) is 0 Å². The number of hydrogen-bond donors (Lipinski definition) is 2. The lowest BCUT2D eigenvalue weighted by Crippen LogP contribution is -2.33. The fourth-order valence-corrected chi connectivity index (χ4v) is 6.46. The van der Waals surface area contributed by atoms with Gasteiger partial charge >= 0.3 is 5.97 Å². The zero-order valence-electron chi connectivity index (χ0n) is 24.8. The number of aromatic nitrogens is 2. The van der Waals surface area contributed by atoms with Crippen LogP contribution in [0.1, 0.15) is 51.5 Å². The van der Waals surface area contributed by atoms with Crippen LogP contribution in [0.3, 0.4) is 0 Å². The summed E-state index contributed by atoms with van der Waals surface area (Å²) in [6.07, 6.45) is 2.02. The van der Waals surface area contributed by atoms with Crippen molar-refractivity contribution in [3.05, 3.63) is 125 Å². The smallest absolute Gasteiger partial charge is 0.337 e. The molecule has 3 heterocycles. The lowest BCUT2D eigenvalue weighted by atomic mass is 9.96. The van der Waals surface area contributed by atoms with Gasteiger partial charge in [0.25, 0.3) is 0 Å². The number of carbonyl (C=O) groups excluding carboxylic acids is 2. The monoisotopic (exact) mass is 603 g/mol. The molecule has 0 spiro atoms. The standard InChI is InChI=1S/C35H33N5O3S/c1-22-20-28(23(2)40(22)26-13-8-12-25(21-26)34(42)43-3)33-32(30-15-6-7-18-36-30)38-35(44)39(33)19-17-31(41)37-29-16-9-11-24-10-4-5-14-27(24)29/h4-16,18,20-21,32-33H,17,19H2,1-3H3,(H,37,41)(H,38,44)/t32-,33-/m0/s1. The van der Waals surface area contributed by atoms with Crippen LogP contribution >= 0.6 is 12.2 Å². The second-order valence-electron chi connectivity index (χ2n) is 10.8. The molecule has 6 rings (SSSR count). The first kappa shape index (κ1) is 29.1. The Bertz CT molecular complexity index is 1860. The Kier molecular flexibility index (Phi) is 8.13. The maximum Gasteiger partial charge on any atom is 0.337 e. The number of carbonyl (C=O) groups is 2. The Morgan fingerprint density at radius 2 is 1.75 bits per heavy atom. The number of nitrogens with one attached hydrogen (secondary N) is 2. The highest BCUT2D eigenvalue weighted by atomic mass is 32.1. The van der Waals surface area contributed by atoms with Crippen molar-refractivity contribution in [3.63, 3.8) is 0 Å². The predicted molar refractivity (Wildman–Crippen MR) is 176 cm³/mol. The van der Waals surface area contributed by atoms with Gasteiger partial charge in [0.05, 0.1) is 30.5 Å². The normalized spacial score (nSPS) is 16.2. The Hall–Kier alpha value is -5.02. The van der Waals surface area contributed by atoms with Gasteiger partial charge in [-0.1, -0.05) is 48.5 Å². The van der Waals surface area contributed by atoms with Crippen molar-refractivity contribution in [3.8, 4) is 5.69 Å². The number of esters is 1. The van der Waals surface area contributed by atoms with Crippen molar-refractivity contribution in [2.75, 3.05) is 19.0 Å². The summed E-state index contributed by atoms with van der Waals surface area (Å²) >= 11 is 5.87. The lowest BCUT2D eigenvalue weighted by Gasteiger charge is -2.28. The van der Waals surface area contributed by atoms with Crippen molar-refractivity contribution >= 4 is 45.7 Å². The Balaban J connectivity index is 1.32. The molecule has 2 aromatic heterocycles. The number of thiocarbonyl (C=S) groups is 1. The summed E-state index contributed by atoms with van der Waals surface area (Å²) in [5.41, 5.74) is 6.06. The van der Waals surface area contributed by atoms with E-state index >= 15 is 0 Å². The van der Waals surface area contributed by atoms with Gasteiger partial charge in [0.2, 0.25) is 5.91 Å². The molecule has 1 amide bonds. The molecule has 0 aliphatic carbocycles. The van der Waals surface area contributed by atoms with E-state index in [0.29, 0.717) is 17.2 Å². The van der Waals surface area contributed by atoms with E-state index in [9.17, 15) is 9.59 Å². The Morgan fingerprint density at radius 3 is 2.55 bits per heavy atom. The van der Waals surface area contributed by atoms with E-state index in [0.717, 1.165) is 44.8 Å². The van der Waals surface area contributed by atoms with Gasteiger partial charge < -0.3 is 24.8 Å². The molecule has 0 bridgehead atoms. The van der Waals surface area contributed by atoms with Gasteiger partial charge in [-0.05, 0) is 79.5 Å². The highest BCUT2D eigenvalue weighted by Crippen LogP contribution is 2.41.